The van der Waals surface area contributed by atoms with Gasteiger partial charge in [0.1, 0.15) is 18.0 Å². The number of nitrogens with zero attached hydrogens (tertiary/aromatic N) is 3. The molecule has 1 aromatic heterocycles. The molecule has 6 nitrogen and oxygen atoms in total. The van der Waals surface area contributed by atoms with Gasteiger partial charge in [-0.15, -0.1) is 0 Å². The fourth-order valence-corrected chi connectivity index (χ4v) is 3.09. The molecule has 2 rings (SSSR count). The number of piperidine rings is 1. The Morgan fingerprint density at radius 2 is 2.25 bits per heavy atom. The van der Waals surface area contributed by atoms with E-state index >= 15 is 0 Å². The van der Waals surface area contributed by atoms with Crippen LogP contribution in [-0.4, -0.2) is 41.6 Å². The lowest BCUT2D eigenvalue weighted by molar-refractivity contribution is -0.122. The Hall–Kier alpha value is -1.85. The number of carbonyl (C=O) groups excluding carboxylic acids is 1. The quantitative estimate of drug-likeness (QED) is 0.765. The lowest BCUT2D eigenvalue weighted by Gasteiger charge is -2.33. The van der Waals surface area contributed by atoms with Crippen molar-refractivity contribution in [2.45, 2.75) is 58.9 Å². The van der Waals surface area contributed by atoms with Crippen molar-refractivity contribution < 1.29 is 4.79 Å². The molecule has 2 unspecified atom stereocenters. The van der Waals surface area contributed by atoms with Crippen LogP contribution >= 0.6 is 0 Å². The lowest BCUT2D eigenvalue weighted by Crippen LogP contribution is -2.37. The Labute approximate surface area is 145 Å². The maximum absolute atomic E-state index is 12.0. The van der Waals surface area contributed by atoms with Crippen LogP contribution in [0.25, 0.3) is 0 Å². The van der Waals surface area contributed by atoms with Crippen LogP contribution in [0.4, 0.5) is 11.6 Å². The van der Waals surface area contributed by atoms with Gasteiger partial charge < -0.3 is 15.5 Å². The molecule has 1 aromatic rings. The van der Waals surface area contributed by atoms with Crippen LogP contribution in [0.5, 0.6) is 0 Å². The van der Waals surface area contributed by atoms with E-state index in [0.717, 1.165) is 50.5 Å². The van der Waals surface area contributed by atoms with E-state index in [1.165, 1.54) is 6.42 Å². The first-order chi connectivity index (χ1) is 11.6. The molecule has 1 fully saturated rings. The van der Waals surface area contributed by atoms with E-state index in [-0.39, 0.29) is 11.9 Å². The molecule has 1 aliphatic rings. The van der Waals surface area contributed by atoms with Gasteiger partial charge in [-0.05, 0) is 45.4 Å². The van der Waals surface area contributed by atoms with Crippen LogP contribution in [0.2, 0.25) is 0 Å². The van der Waals surface area contributed by atoms with Crippen molar-refractivity contribution in [1.29, 1.82) is 0 Å². The Balaban J connectivity index is 1.85. The maximum Gasteiger partial charge on any atom is 0.220 e. The lowest BCUT2D eigenvalue weighted by atomic mass is 9.93. The summed E-state index contributed by atoms with van der Waals surface area (Å²) in [5, 5.41) is 6.28. The summed E-state index contributed by atoms with van der Waals surface area (Å²) in [5.41, 5.74) is 0. The smallest absolute Gasteiger partial charge is 0.220 e. The largest absolute Gasteiger partial charge is 0.370 e. The van der Waals surface area contributed by atoms with E-state index < -0.39 is 0 Å². The topological polar surface area (TPSA) is 70.2 Å². The second kappa shape index (κ2) is 9.45. The van der Waals surface area contributed by atoms with Crippen LogP contribution in [0, 0.1) is 5.92 Å². The van der Waals surface area contributed by atoms with Crippen LogP contribution in [0.15, 0.2) is 12.4 Å². The van der Waals surface area contributed by atoms with E-state index in [9.17, 15) is 4.79 Å². The molecule has 2 atom stereocenters. The zero-order chi connectivity index (χ0) is 17.4. The predicted molar refractivity (Wildman–Crippen MR) is 98.3 cm³/mol. The van der Waals surface area contributed by atoms with Crippen molar-refractivity contribution >= 4 is 17.5 Å². The average Bonchev–Trinajstić information content (AvgIpc) is 2.60. The molecule has 0 saturated carbocycles. The minimum Gasteiger partial charge on any atom is -0.370 e. The summed E-state index contributed by atoms with van der Waals surface area (Å²) in [7, 11) is 0. The Bertz CT molecular complexity index is 522. The molecule has 0 bridgehead atoms. The zero-order valence-electron chi connectivity index (χ0n) is 15.2. The highest BCUT2D eigenvalue weighted by Gasteiger charge is 2.22. The number of nitrogens with one attached hydrogen (secondary N) is 2. The third-order valence-corrected chi connectivity index (χ3v) is 4.65. The Morgan fingerprint density at radius 1 is 1.42 bits per heavy atom. The molecule has 1 aliphatic heterocycles. The van der Waals surface area contributed by atoms with Crippen molar-refractivity contribution in [3.05, 3.63) is 12.4 Å². The van der Waals surface area contributed by atoms with E-state index in [2.05, 4.69) is 46.3 Å². The molecular formula is C18H31N5O. The van der Waals surface area contributed by atoms with E-state index in [1.807, 2.05) is 6.07 Å². The first-order valence-corrected chi connectivity index (χ1v) is 9.22. The zero-order valence-corrected chi connectivity index (χ0v) is 15.2. The van der Waals surface area contributed by atoms with Crippen LogP contribution < -0.4 is 15.5 Å². The summed E-state index contributed by atoms with van der Waals surface area (Å²) in [6, 6.07) is 2.28. The highest BCUT2D eigenvalue weighted by atomic mass is 16.1. The second-order valence-corrected chi connectivity index (χ2v) is 6.66. The molecule has 0 radical (unpaired) electrons. The molecule has 0 spiro atoms. The molecule has 0 aliphatic carbocycles. The number of carbonyl (C=O) groups is 1. The molecule has 24 heavy (non-hydrogen) atoms. The van der Waals surface area contributed by atoms with Crippen molar-refractivity contribution in [3.8, 4) is 0 Å². The molecular weight excluding hydrogens is 302 g/mol. The fourth-order valence-electron chi connectivity index (χ4n) is 3.09. The average molecular weight is 333 g/mol. The minimum absolute atomic E-state index is 0.179. The van der Waals surface area contributed by atoms with Crippen LogP contribution in [0.1, 0.15) is 52.9 Å². The van der Waals surface area contributed by atoms with E-state index in [4.69, 9.17) is 0 Å². The van der Waals surface area contributed by atoms with Gasteiger partial charge in [0.05, 0.1) is 0 Å². The molecule has 2 heterocycles. The molecule has 1 saturated heterocycles. The number of amides is 1. The first kappa shape index (κ1) is 18.5. The third-order valence-electron chi connectivity index (χ3n) is 4.65. The van der Waals surface area contributed by atoms with Crippen molar-refractivity contribution in [2.75, 3.05) is 29.9 Å². The van der Waals surface area contributed by atoms with Crippen LogP contribution in [-0.2, 0) is 4.79 Å². The SMILES string of the molecule is CCNc1cc(N2CCCC(CCC(=O)NC(C)CC)C2)ncn1. The third kappa shape index (κ3) is 5.65. The maximum atomic E-state index is 12.0. The van der Waals surface area contributed by atoms with Crippen molar-refractivity contribution in [2.24, 2.45) is 5.92 Å². The van der Waals surface area contributed by atoms with Gasteiger partial charge in [-0.25, -0.2) is 9.97 Å². The highest BCUT2D eigenvalue weighted by Crippen LogP contribution is 2.25. The molecule has 0 aromatic carbocycles. The fraction of sp³-hybridized carbons (Fsp3) is 0.722. The number of hydrogen-bond acceptors (Lipinski definition) is 5. The molecule has 6 heteroatoms. The van der Waals surface area contributed by atoms with Crippen molar-refractivity contribution in [3.63, 3.8) is 0 Å². The summed E-state index contributed by atoms with van der Waals surface area (Å²) >= 11 is 0. The van der Waals surface area contributed by atoms with Gasteiger partial charge in [-0.2, -0.15) is 0 Å². The summed E-state index contributed by atoms with van der Waals surface area (Å²) < 4.78 is 0. The van der Waals surface area contributed by atoms with E-state index in [0.29, 0.717) is 12.3 Å². The second-order valence-electron chi connectivity index (χ2n) is 6.66. The molecule has 2 N–H and O–H groups in total. The minimum atomic E-state index is 0.179. The van der Waals surface area contributed by atoms with Crippen LogP contribution in [0.3, 0.4) is 0 Å². The highest BCUT2D eigenvalue weighted by molar-refractivity contribution is 5.76. The first-order valence-electron chi connectivity index (χ1n) is 9.22. The summed E-state index contributed by atoms with van der Waals surface area (Å²) in [4.78, 5) is 22.9. The standard InChI is InChI=1S/C18H31N5O/c1-4-14(3)22-18(24)9-8-15-7-6-10-23(12-15)17-11-16(19-5-2)20-13-21-17/h11,13-15H,4-10,12H2,1-3H3,(H,22,24)(H,19,20,21). The number of anilines is 2. The molecule has 134 valence electrons. The molecule has 1 amide bonds. The van der Waals surface area contributed by atoms with Gasteiger partial charge in [-0.1, -0.05) is 6.92 Å². The van der Waals surface area contributed by atoms with Gasteiger partial charge in [0.2, 0.25) is 5.91 Å². The Morgan fingerprint density at radius 3 is 3.00 bits per heavy atom. The van der Waals surface area contributed by atoms with Crippen molar-refractivity contribution in [1.82, 2.24) is 15.3 Å². The Kier molecular flexibility index (Phi) is 7.28. The predicted octanol–water partition coefficient (Wildman–Crippen LogP) is 2.82. The number of aromatic nitrogens is 2. The number of hydrogen-bond donors (Lipinski definition) is 2. The van der Waals surface area contributed by atoms with Gasteiger partial charge in [0.25, 0.3) is 0 Å². The monoisotopic (exact) mass is 333 g/mol. The van der Waals surface area contributed by atoms with E-state index in [1.54, 1.807) is 6.33 Å². The van der Waals surface area contributed by atoms with Gasteiger partial charge in [-0.3, -0.25) is 4.79 Å². The normalized spacial score (nSPS) is 19.0. The van der Waals surface area contributed by atoms with Gasteiger partial charge in [0, 0.05) is 38.2 Å². The summed E-state index contributed by atoms with van der Waals surface area (Å²) in [6.07, 6.45) is 6.51. The summed E-state index contributed by atoms with van der Waals surface area (Å²) in [6.45, 7) is 9.05. The number of rotatable bonds is 8. The summed E-state index contributed by atoms with van der Waals surface area (Å²) in [5.74, 6) is 2.59. The van der Waals surface area contributed by atoms with Gasteiger partial charge >= 0.3 is 0 Å². The van der Waals surface area contributed by atoms with Gasteiger partial charge in [0.15, 0.2) is 0 Å².